The van der Waals surface area contributed by atoms with Gasteiger partial charge in [0.1, 0.15) is 0 Å². The number of amides is 1. The van der Waals surface area contributed by atoms with Crippen molar-refractivity contribution in [2.24, 2.45) is 0 Å². The van der Waals surface area contributed by atoms with Crippen LogP contribution in [0.5, 0.6) is 0 Å². The number of nitriles is 1. The summed E-state index contributed by atoms with van der Waals surface area (Å²) in [6, 6.07) is 8.56. The number of benzene rings is 1. The first kappa shape index (κ1) is 14.7. The maximum atomic E-state index is 12.2. The summed E-state index contributed by atoms with van der Waals surface area (Å²) in [6.07, 6.45) is 0. The Bertz CT molecular complexity index is 541. The van der Waals surface area contributed by atoms with Gasteiger partial charge in [-0.15, -0.1) is 0 Å². The molecule has 0 spiro atoms. The Balaban J connectivity index is 1.93. The Kier molecular flexibility index (Phi) is 4.88. The average molecular weight is 291 g/mol. The largest absolute Gasteiger partial charge is 0.325 e. The van der Waals surface area contributed by atoms with Gasteiger partial charge in [0.15, 0.2) is 0 Å². The van der Waals surface area contributed by atoms with Crippen LogP contribution >= 0.6 is 0 Å². The van der Waals surface area contributed by atoms with Crippen LogP contribution in [0.3, 0.4) is 0 Å². The highest BCUT2D eigenvalue weighted by Gasteiger charge is 2.24. The minimum Gasteiger partial charge on any atom is -0.325 e. The van der Waals surface area contributed by atoms with Crippen molar-refractivity contribution in [3.05, 3.63) is 29.8 Å². The minimum atomic E-state index is -0.736. The van der Waals surface area contributed by atoms with Crippen molar-refractivity contribution in [1.29, 1.82) is 5.26 Å². The van der Waals surface area contributed by atoms with Crippen molar-refractivity contribution in [2.45, 2.75) is 13.0 Å². The number of carbonyl (C=O) groups is 1. The molecule has 1 saturated heterocycles. The Labute approximate surface area is 121 Å². The van der Waals surface area contributed by atoms with E-state index in [9.17, 15) is 9.00 Å². The lowest BCUT2D eigenvalue weighted by Gasteiger charge is -2.30. The minimum absolute atomic E-state index is 0.0811. The zero-order chi connectivity index (χ0) is 14.5. The molecule has 1 N–H and O–H groups in total. The van der Waals surface area contributed by atoms with Gasteiger partial charge in [0.2, 0.25) is 5.91 Å². The predicted octanol–water partition coefficient (Wildman–Crippen LogP) is 0.950. The number of hydrogen-bond acceptors (Lipinski definition) is 4. The normalized spacial score (nSPS) is 18.2. The molecule has 0 saturated carbocycles. The summed E-state index contributed by atoms with van der Waals surface area (Å²) >= 11 is 0. The molecule has 6 heteroatoms. The lowest BCUT2D eigenvalue weighted by molar-refractivity contribution is -0.120. The van der Waals surface area contributed by atoms with Gasteiger partial charge in [-0.3, -0.25) is 13.9 Å². The Morgan fingerprint density at radius 2 is 1.95 bits per heavy atom. The molecule has 0 bridgehead atoms. The molecule has 106 valence electrons. The Morgan fingerprint density at radius 1 is 1.35 bits per heavy atom. The first-order valence-corrected chi connectivity index (χ1v) is 7.99. The molecule has 1 aliphatic heterocycles. The molecule has 1 heterocycles. The van der Waals surface area contributed by atoms with Crippen LogP contribution in [-0.4, -0.2) is 45.7 Å². The highest BCUT2D eigenvalue weighted by atomic mass is 32.2. The van der Waals surface area contributed by atoms with Crippen molar-refractivity contribution in [1.82, 2.24) is 4.90 Å². The molecule has 0 radical (unpaired) electrons. The summed E-state index contributed by atoms with van der Waals surface area (Å²) < 4.78 is 11.3. The van der Waals surface area contributed by atoms with Crippen LogP contribution in [0.1, 0.15) is 12.5 Å². The maximum Gasteiger partial charge on any atom is 0.241 e. The van der Waals surface area contributed by atoms with E-state index in [4.69, 9.17) is 5.26 Å². The van der Waals surface area contributed by atoms with E-state index in [1.165, 1.54) is 0 Å². The first-order chi connectivity index (χ1) is 9.60. The number of nitrogens with zero attached hydrogens (tertiary/aromatic N) is 2. The lowest BCUT2D eigenvalue weighted by Crippen LogP contribution is -2.48. The summed E-state index contributed by atoms with van der Waals surface area (Å²) in [4.78, 5) is 14.2. The van der Waals surface area contributed by atoms with Gasteiger partial charge < -0.3 is 5.32 Å². The van der Waals surface area contributed by atoms with Crippen LogP contribution in [0, 0.1) is 11.3 Å². The molecule has 1 amide bonds. The van der Waals surface area contributed by atoms with Crippen LogP contribution in [0.25, 0.3) is 0 Å². The summed E-state index contributed by atoms with van der Waals surface area (Å²) in [5, 5.41) is 11.6. The molecule has 1 fully saturated rings. The third-order valence-corrected chi connectivity index (χ3v) is 4.70. The van der Waals surface area contributed by atoms with E-state index in [0.29, 0.717) is 35.8 Å². The molecule has 5 nitrogen and oxygen atoms in total. The molecule has 1 atom stereocenters. The molecule has 1 aliphatic rings. The van der Waals surface area contributed by atoms with Gasteiger partial charge in [0, 0.05) is 41.1 Å². The van der Waals surface area contributed by atoms with Gasteiger partial charge in [-0.05, 0) is 31.2 Å². The van der Waals surface area contributed by atoms with Crippen LogP contribution < -0.4 is 5.32 Å². The number of hydrogen-bond donors (Lipinski definition) is 1. The third-order valence-electron chi connectivity index (χ3n) is 3.42. The second kappa shape index (κ2) is 6.64. The molecular weight excluding hydrogens is 274 g/mol. The Morgan fingerprint density at radius 3 is 2.50 bits per heavy atom. The van der Waals surface area contributed by atoms with E-state index in [1.807, 2.05) is 17.9 Å². The SMILES string of the molecule is CC(C(=O)Nc1ccc(C#N)cc1)N1CCS(=O)CC1. The van der Waals surface area contributed by atoms with E-state index in [1.54, 1.807) is 24.3 Å². The lowest BCUT2D eigenvalue weighted by atomic mass is 10.2. The smallest absolute Gasteiger partial charge is 0.241 e. The fourth-order valence-corrected chi connectivity index (χ4v) is 3.16. The number of carbonyl (C=O) groups excluding carboxylic acids is 1. The quantitative estimate of drug-likeness (QED) is 0.900. The molecular formula is C14H17N3O2S. The van der Waals surface area contributed by atoms with Crippen LogP contribution in [0.2, 0.25) is 0 Å². The summed E-state index contributed by atoms with van der Waals surface area (Å²) in [6.45, 7) is 3.23. The van der Waals surface area contributed by atoms with Crippen molar-refractivity contribution < 1.29 is 9.00 Å². The predicted molar refractivity (Wildman–Crippen MR) is 78.7 cm³/mol. The molecule has 1 aromatic rings. The van der Waals surface area contributed by atoms with E-state index in [-0.39, 0.29) is 11.9 Å². The van der Waals surface area contributed by atoms with Crippen molar-refractivity contribution in [2.75, 3.05) is 29.9 Å². The molecule has 0 aliphatic carbocycles. The fraction of sp³-hybridized carbons (Fsp3) is 0.429. The number of nitrogens with one attached hydrogen (secondary N) is 1. The summed E-state index contributed by atoms with van der Waals surface area (Å²) in [7, 11) is -0.736. The highest BCUT2D eigenvalue weighted by Crippen LogP contribution is 2.11. The molecule has 1 unspecified atom stereocenters. The third kappa shape index (κ3) is 3.65. The van der Waals surface area contributed by atoms with Crippen molar-refractivity contribution in [3.8, 4) is 6.07 Å². The van der Waals surface area contributed by atoms with Gasteiger partial charge in [0.05, 0.1) is 17.7 Å². The van der Waals surface area contributed by atoms with E-state index in [2.05, 4.69) is 5.32 Å². The van der Waals surface area contributed by atoms with Gasteiger partial charge in [-0.1, -0.05) is 0 Å². The van der Waals surface area contributed by atoms with Gasteiger partial charge in [-0.25, -0.2) is 0 Å². The number of anilines is 1. The van der Waals surface area contributed by atoms with Gasteiger partial charge in [0.25, 0.3) is 0 Å². The topological polar surface area (TPSA) is 73.2 Å². The van der Waals surface area contributed by atoms with Crippen molar-refractivity contribution >= 4 is 22.4 Å². The second-order valence-corrected chi connectivity index (χ2v) is 6.43. The molecule has 20 heavy (non-hydrogen) atoms. The zero-order valence-corrected chi connectivity index (χ0v) is 12.2. The monoisotopic (exact) mass is 291 g/mol. The zero-order valence-electron chi connectivity index (χ0n) is 11.3. The number of rotatable bonds is 3. The van der Waals surface area contributed by atoms with E-state index >= 15 is 0 Å². The van der Waals surface area contributed by atoms with Crippen molar-refractivity contribution in [3.63, 3.8) is 0 Å². The first-order valence-electron chi connectivity index (χ1n) is 6.50. The van der Waals surface area contributed by atoms with Crippen LogP contribution in [0.4, 0.5) is 5.69 Å². The Hall–Kier alpha value is -1.71. The highest BCUT2D eigenvalue weighted by molar-refractivity contribution is 7.85. The van der Waals surface area contributed by atoms with Gasteiger partial charge in [-0.2, -0.15) is 5.26 Å². The molecule has 0 aromatic heterocycles. The second-order valence-electron chi connectivity index (χ2n) is 4.74. The summed E-state index contributed by atoms with van der Waals surface area (Å²) in [5.41, 5.74) is 1.25. The van der Waals surface area contributed by atoms with E-state index < -0.39 is 10.8 Å². The van der Waals surface area contributed by atoms with Gasteiger partial charge >= 0.3 is 0 Å². The van der Waals surface area contributed by atoms with E-state index in [0.717, 1.165) is 0 Å². The fourth-order valence-electron chi connectivity index (χ4n) is 2.08. The standard InChI is InChI=1S/C14H17N3O2S/c1-11(17-6-8-20(19)9-7-17)14(18)16-13-4-2-12(10-15)3-5-13/h2-5,11H,6-9H2,1H3,(H,16,18). The average Bonchev–Trinajstić information content (AvgIpc) is 2.48. The van der Waals surface area contributed by atoms with Crippen LogP contribution in [0.15, 0.2) is 24.3 Å². The summed E-state index contributed by atoms with van der Waals surface area (Å²) in [5.74, 6) is 1.19. The van der Waals surface area contributed by atoms with Crippen LogP contribution in [-0.2, 0) is 15.6 Å². The molecule has 1 aromatic carbocycles. The molecule has 2 rings (SSSR count). The maximum absolute atomic E-state index is 12.2.